The third-order valence-corrected chi connectivity index (χ3v) is 11.6. The van der Waals surface area contributed by atoms with Gasteiger partial charge >= 0.3 is 0 Å². The van der Waals surface area contributed by atoms with Gasteiger partial charge < -0.3 is 4.90 Å². The first-order valence-electron chi connectivity index (χ1n) is 18.4. The summed E-state index contributed by atoms with van der Waals surface area (Å²) in [6.45, 7) is 0. The van der Waals surface area contributed by atoms with Gasteiger partial charge in [0.05, 0.1) is 5.69 Å². The molecule has 0 aliphatic heterocycles. The lowest BCUT2D eigenvalue weighted by molar-refractivity contribution is 1.30. The summed E-state index contributed by atoms with van der Waals surface area (Å²) in [6.07, 6.45) is 0. The first-order valence-corrected chi connectivity index (χ1v) is 19.2. The van der Waals surface area contributed by atoms with E-state index in [4.69, 9.17) is 0 Å². The highest BCUT2D eigenvalue weighted by Crippen LogP contribution is 2.46. The van der Waals surface area contributed by atoms with E-state index in [0.717, 1.165) is 11.4 Å². The smallest absolute Gasteiger partial charge is 0.0554 e. The zero-order valence-corrected chi connectivity index (χ0v) is 30.4. The Kier molecular flexibility index (Phi) is 8.09. The van der Waals surface area contributed by atoms with Crippen molar-refractivity contribution in [1.29, 1.82) is 0 Å². The van der Waals surface area contributed by atoms with E-state index >= 15 is 0 Å². The second-order valence-corrected chi connectivity index (χ2v) is 14.8. The molecule has 1 nitrogen and oxygen atoms in total. The molecule has 0 aliphatic rings. The van der Waals surface area contributed by atoms with Crippen LogP contribution < -0.4 is 4.90 Å². The van der Waals surface area contributed by atoms with Crippen molar-refractivity contribution < 1.29 is 0 Å². The molecule has 0 saturated heterocycles. The van der Waals surface area contributed by atoms with Gasteiger partial charge in [0.15, 0.2) is 0 Å². The second-order valence-electron chi connectivity index (χ2n) is 13.7. The molecule has 0 atom stereocenters. The van der Waals surface area contributed by atoms with Crippen LogP contribution in [-0.4, -0.2) is 0 Å². The molecule has 10 aromatic rings. The maximum absolute atomic E-state index is 2.44. The molecule has 54 heavy (non-hydrogen) atoms. The maximum atomic E-state index is 2.44. The van der Waals surface area contributed by atoms with Crippen molar-refractivity contribution in [3.8, 4) is 44.5 Å². The van der Waals surface area contributed by atoms with Crippen LogP contribution >= 0.6 is 11.3 Å². The summed E-state index contributed by atoms with van der Waals surface area (Å²) in [5.74, 6) is 0. The van der Waals surface area contributed by atoms with Crippen molar-refractivity contribution >= 4 is 59.3 Å². The lowest BCUT2D eigenvalue weighted by atomic mass is 9.94. The monoisotopic (exact) mass is 705 g/mol. The second kappa shape index (κ2) is 13.7. The van der Waals surface area contributed by atoms with Crippen LogP contribution in [-0.2, 0) is 0 Å². The van der Waals surface area contributed by atoms with E-state index in [0.29, 0.717) is 0 Å². The Hall–Kier alpha value is -6.74. The molecule has 0 spiro atoms. The number of rotatable bonds is 7. The van der Waals surface area contributed by atoms with Crippen LogP contribution in [0.1, 0.15) is 0 Å². The average Bonchev–Trinajstić information content (AvgIpc) is 3.64. The Labute approximate surface area is 319 Å². The quantitative estimate of drug-likeness (QED) is 0.160. The molecule has 0 radical (unpaired) electrons. The number of hydrogen-bond acceptors (Lipinski definition) is 2. The molecule has 9 aromatic carbocycles. The predicted octanol–water partition coefficient (Wildman–Crippen LogP) is 15.3. The summed E-state index contributed by atoms with van der Waals surface area (Å²) < 4.78 is 2.58. The Bertz CT molecular complexity index is 2940. The predicted molar refractivity (Wildman–Crippen MR) is 233 cm³/mol. The Balaban J connectivity index is 1.10. The van der Waals surface area contributed by atoms with E-state index in [1.54, 1.807) is 0 Å². The minimum atomic E-state index is 1.11. The van der Waals surface area contributed by atoms with Crippen molar-refractivity contribution in [1.82, 2.24) is 0 Å². The van der Waals surface area contributed by atoms with Gasteiger partial charge in [-0.1, -0.05) is 158 Å². The molecule has 1 aromatic heterocycles. The van der Waals surface area contributed by atoms with E-state index < -0.39 is 0 Å². The molecular weight excluding hydrogens is 671 g/mol. The third kappa shape index (κ3) is 5.84. The molecule has 0 amide bonds. The third-order valence-electron chi connectivity index (χ3n) is 10.5. The molecule has 10 rings (SSSR count). The van der Waals surface area contributed by atoms with E-state index in [1.807, 2.05) is 11.3 Å². The molecule has 0 bridgehead atoms. The summed E-state index contributed by atoms with van der Waals surface area (Å²) in [7, 11) is 0. The number of anilines is 3. The summed E-state index contributed by atoms with van der Waals surface area (Å²) in [6, 6.07) is 77.2. The zero-order chi connectivity index (χ0) is 35.8. The van der Waals surface area contributed by atoms with Gasteiger partial charge in [-0.05, 0) is 110 Å². The van der Waals surface area contributed by atoms with Gasteiger partial charge in [-0.15, -0.1) is 11.3 Å². The number of thiophene rings is 1. The van der Waals surface area contributed by atoms with Gasteiger partial charge in [0, 0.05) is 31.5 Å². The van der Waals surface area contributed by atoms with Gasteiger partial charge in [0.25, 0.3) is 0 Å². The number of benzene rings is 9. The van der Waals surface area contributed by atoms with Crippen LogP contribution in [0, 0.1) is 0 Å². The van der Waals surface area contributed by atoms with Crippen molar-refractivity contribution in [2.24, 2.45) is 0 Å². The van der Waals surface area contributed by atoms with Crippen LogP contribution in [0.2, 0.25) is 0 Å². The molecule has 0 N–H and O–H groups in total. The van der Waals surface area contributed by atoms with Crippen molar-refractivity contribution in [3.05, 3.63) is 212 Å². The minimum Gasteiger partial charge on any atom is -0.310 e. The lowest BCUT2D eigenvalue weighted by Gasteiger charge is -2.27. The molecule has 254 valence electrons. The fraction of sp³-hybridized carbons (Fsp3) is 0. The fourth-order valence-electron chi connectivity index (χ4n) is 7.84. The van der Waals surface area contributed by atoms with E-state index in [1.165, 1.54) is 81.1 Å². The van der Waals surface area contributed by atoms with Gasteiger partial charge in [-0.2, -0.15) is 0 Å². The largest absolute Gasteiger partial charge is 0.310 e. The standard InChI is InChI=1S/C52H35NS/c1-2-14-38(15-3-1)46-21-6-7-22-47(46)43-19-11-20-45(35-43)53(49-24-12-26-51-52(49)48-23-8-9-25-50(48)54-51)44-31-29-37(30-32-44)40-17-10-18-41(33-40)42-28-27-36-13-4-5-16-39(36)34-42/h1-35H. The first kappa shape index (κ1) is 32.0. The maximum Gasteiger partial charge on any atom is 0.0554 e. The van der Waals surface area contributed by atoms with E-state index in [9.17, 15) is 0 Å². The van der Waals surface area contributed by atoms with Crippen LogP contribution in [0.4, 0.5) is 17.1 Å². The highest BCUT2D eigenvalue weighted by molar-refractivity contribution is 7.26. The normalized spacial score (nSPS) is 11.3. The number of hydrogen-bond donors (Lipinski definition) is 0. The van der Waals surface area contributed by atoms with Crippen molar-refractivity contribution in [2.75, 3.05) is 4.90 Å². The highest BCUT2D eigenvalue weighted by Gasteiger charge is 2.19. The summed E-state index contributed by atoms with van der Waals surface area (Å²) in [4.78, 5) is 2.44. The van der Waals surface area contributed by atoms with Crippen LogP contribution in [0.15, 0.2) is 212 Å². The molecule has 0 saturated carbocycles. The zero-order valence-electron chi connectivity index (χ0n) is 29.6. The average molecular weight is 706 g/mol. The summed E-state index contributed by atoms with van der Waals surface area (Å²) >= 11 is 1.86. The molecule has 0 fully saturated rings. The van der Waals surface area contributed by atoms with Crippen LogP contribution in [0.25, 0.3) is 75.5 Å². The van der Waals surface area contributed by atoms with E-state index in [2.05, 4.69) is 217 Å². The summed E-state index contributed by atoms with van der Waals surface area (Å²) in [5, 5.41) is 5.08. The summed E-state index contributed by atoms with van der Waals surface area (Å²) in [5.41, 5.74) is 13.1. The van der Waals surface area contributed by atoms with Crippen LogP contribution in [0.5, 0.6) is 0 Å². The SMILES string of the molecule is c1ccc(-c2ccccc2-c2cccc(N(c3ccc(-c4cccc(-c5ccc6ccccc6c5)c4)cc3)c3cccc4sc5ccccc5c34)c2)cc1. The van der Waals surface area contributed by atoms with Crippen molar-refractivity contribution in [3.63, 3.8) is 0 Å². The van der Waals surface area contributed by atoms with Gasteiger partial charge in [0.1, 0.15) is 0 Å². The van der Waals surface area contributed by atoms with Gasteiger partial charge in [-0.3, -0.25) is 0 Å². The molecule has 1 heterocycles. The number of fused-ring (bicyclic) bond motifs is 4. The highest BCUT2D eigenvalue weighted by atomic mass is 32.1. The lowest BCUT2D eigenvalue weighted by Crippen LogP contribution is -2.10. The first-order chi connectivity index (χ1) is 26.8. The minimum absolute atomic E-state index is 1.11. The Morgan fingerprint density at radius 1 is 0.315 bits per heavy atom. The topological polar surface area (TPSA) is 3.24 Å². The molecule has 0 unspecified atom stereocenters. The van der Waals surface area contributed by atoms with E-state index in [-0.39, 0.29) is 0 Å². The van der Waals surface area contributed by atoms with Crippen molar-refractivity contribution in [2.45, 2.75) is 0 Å². The Morgan fingerprint density at radius 2 is 0.907 bits per heavy atom. The number of nitrogens with zero attached hydrogens (tertiary/aromatic N) is 1. The molecule has 0 aliphatic carbocycles. The molecular formula is C52H35NS. The fourth-order valence-corrected chi connectivity index (χ4v) is 8.96. The Morgan fingerprint density at radius 3 is 1.76 bits per heavy atom. The van der Waals surface area contributed by atoms with Crippen LogP contribution in [0.3, 0.4) is 0 Å². The van der Waals surface area contributed by atoms with Gasteiger partial charge in [0.2, 0.25) is 0 Å². The van der Waals surface area contributed by atoms with Gasteiger partial charge in [-0.25, -0.2) is 0 Å². The molecule has 2 heteroatoms.